The maximum Gasteiger partial charge on any atom is 0.268 e. The van der Waals surface area contributed by atoms with E-state index in [0.717, 1.165) is 47.4 Å². The number of thioether (sulfide) groups is 1. The van der Waals surface area contributed by atoms with Gasteiger partial charge in [-0.15, -0.1) is 22.0 Å². The van der Waals surface area contributed by atoms with E-state index < -0.39 is 5.91 Å². The van der Waals surface area contributed by atoms with Gasteiger partial charge in [0.1, 0.15) is 11.6 Å². The van der Waals surface area contributed by atoms with Gasteiger partial charge in [-0.05, 0) is 48.8 Å². The summed E-state index contributed by atoms with van der Waals surface area (Å²) in [6, 6.07) is 9.65. The van der Waals surface area contributed by atoms with Crippen molar-refractivity contribution in [1.29, 1.82) is 5.26 Å². The molecule has 1 saturated heterocycles. The fourth-order valence-electron chi connectivity index (χ4n) is 2.77. The lowest BCUT2D eigenvalue weighted by atomic mass is 10.00. The third kappa shape index (κ3) is 5.08. The highest BCUT2D eigenvalue weighted by Gasteiger charge is 2.20. The van der Waals surface area contributed by atoms with Gasteiger partial charge in [0, 0.05) is 18.0 Å². The summed E-state index contributed by atoms with van der Waals surface area (Å²) in [5.74, 6) is 0.267. The van der Waals surface area contributed by atoms with Gasteiger partial charge in [-0.2, -0.15) is 5.26 Å². The molecule has 0 unspecified atom stereocenters. The van der Waals surface area contributed by atoms with Crippen LogP contribution in [0, 0.1) is 17.2 Å². The normalized spacial score (nSPS) is 15.4. The molecule has 3 rings (SSSR count). The molecular formula is C19H21N5OS2. The maximum atomic E-state index is 12.4. The highest BCUT2D eigenvalue weighted by molar-refractivity contribution is 7.98. The summed E-state index contributed by atoms with van der Waals surface area (Å²) in [6.45, 7) is 4.17. The maximum absolute atomic E-state index is 12.4. The first kappa shape index (κ1) is 19.4. The second kappa shape index (κ2) is 9.02. The molecule has 0 bridgehead atoms. The molecule has 8 heteroatoms. The Bertz CT molecular complexity index is 861. The lowest BCUT2D eigenvalue weighted by Crippen LogP contribution is -2.32. The van der Waals surface area contributed by atoms with Crippen molar-refractivity contribution >= 4 is 45.3 Å². The molecule has 140 valence electrons. The van der Waals surface area contributed by atoms with Gasteiger partial charge in [-0.1, -0.05) is 30.4 Å². The van der Waals surface area contributed by atoms with Crippen LogP contribution in [-0.4, -0.2) is 35.4 Å². The smallest absolute Gasteiger partial charge is 0.268 e. The van der Waals surface area contributed by atoms with Gasteiger partial charge >= 0.3 is 0 Å². The second-order valence-corrected chi connectivity index (χ2v) is 8.29. The van der Waals surface area contributed by atoms with E-state index in [0.29, 0.717) is 5.13 Å². The third-order valence-corrected chi connectivity index (χ3v) is 6.12. The molecule has 2 aromatic rings. The summed E-state index contributed by atoms with van der Waals surface area (Å²) in [7, 11) is 0. The third-order valence-electron chi connectivity index (χ3n) is 4.48. The summed E-state index contributed by atoms with van der Waals surface area (Å²) in [6.07, 6.45) is 5.85. The highest BCUT2D eigenvalue weighted by Crippen LogP contribution is 2.28. The number of benzene rings is 1. The van der Waals surface area contributed by atoms with Crippen molar-refractivity contribution in [3.05, 3.63) is 35.4 Å². The predicted molar refractivity (Wildman–Crippen MR) is 111 cm³/mol. The zero-order valence-electron chi connectivity index (χ0n) is 15.3. The number of aromatic nitrogens is 2. The van der Waals surface area contributed by atoms with E-state index in [1.54, 1.807) is 17.8 Å². The molecule has 2 heterocycles. The molecule has 27 heavy (non-hydrogen) atoms. The van der Waals surface area contributed by atoms with Crippen molar-refractivity contribution < 1.29 is 4.79 Å². The van der Waals surface area contributed by atoms with Crippen molar-refractivity contribution in [3.63, 3.8) is 0 Å². The summed E-state index contributed by atoms with van der Waals surface area (Å²) >= 11 is 2.98. The molecule has 0 atom stereocenters. The molecule has 1 amide bonds. The number of hydrogen-bond acceptors (Lipinski definition) is 7. The predicted octanol–water partition coefficient (Wildman–Crippen LogP) is 4.04. The van der Waals surface area contributed by atoms with E-state index >= 15 is 0 Å². The molecule has 1 aromatic heterocycles. The first-order chi connectivity index (χ1) is 13.1. The Kier molecular flexibility index (Phi) is 6.48. The molecular weight excluding hydrogens is 378 g/mol. The number of carbonyl (C=O) groups excluding carboxylic acids is 1. The van der Waals surface area contributed by atoms with Crippen LogP contribution in [0.25, 0.3) is 6.08 Å². The van der Waals surface area contributed by atoms with Gasteiger partial charge < -0.3 is 4.90 Å². The minimum atomic E-state index is -0.471. The number of carbonyl (C=O) groups is 1. The standard InChI is InChI=1S/C19H21N5OS2/c1-13-7-9-24(10-8-13)19-23-22-18(27-19)21-17(25)15(12-20)11-14-3-5-16(26-2)6-4-14/h3-6,11,13H,7-10H2,1-2H3,(H,21,22,25)/b15-11-. The number of rotatable bonds is 5. The number of nitrogens with zero attached hydrogens (tertiary/aromatic N) is 4. The molecule has 0 spiro atoms. The van der Waals surface area contributed by atoms with Crippen molar-refractivity contribution in [2.75, 3.05) is 29.6 Å². The van der Waals surface area contributed by atoms with Crippen LogP contribution in [0.4, 0.5) is 10.3 Å². The lowest BCUT2D eigenvalue weighted by Gasteiger charge is -2.29. The van der Waals surface area contributed by atoms with Gasteiger partial charge in [0.2, 0.25) is 10.3 Å². The van der Waals surface area contributed by atoms with Crippen LogP contribution < -0.4 is 10.2 Å². The van der Waals surface area contributed by atoms with Gasteiger partial charge in [-0.3, -0.25) is 10.1 Å². The van der Waals surface area contributed by atoms with E-state index in [-0.39, 0.29) is 5.57 Å². The summed E-state index contributed by atoms with van der Waals surface area (Å²) in [4.78, 5) is 15.7. The first-order valence-electron chi connectivity index (χ1n) is 8.74. The SMILES string of the molecule is CSc1ccc(/C=C(/C#N)C(=O)Nc2nnc(N3CCC(C)CC3)s2)cc1. The molecule has 0 radical (unpaired) electrons. The Hall–Kier alpha value is -2.37. The van der Waals surface area contributed by atoms with Gasteiger partial charge in [-0.25, -0.2) is 0 Å². The largest absolute Gasteiger partial charge is 0.347 e. The van der Waals surface area contributed by atoms with E-state index in [2.05, 4.69) is 27.3 Å². The number of anilines is 2. The molecule has 0 saturated carbocycles. The van der Waals surface area contributed by atoms with Crippen molar-refractivity contribution in [1.82, 2.24) is 10.2 Å². The molecule has 1 N–H and O–H groups in total. The molecule has 1 aliphatic heterocycles. The molecule has 6 nitrogen and oxygen atoms in total. The molecule has 0 aliphatic carbocycles. The van der Waals surface area contributed by atoms with Crippen LogP contribution in [0.5, 0.6) is 0 Å². The van der Waals surface area contributed by atoms with Crippen LogP contribution in [0.3, 0.4) is 0 Å². The van der Waals surface area contributed by atoms with Gasteiger partial charge in [0.25, 0.3) is 5.91 Å². The number of nitrogens with one attached hydrogen (secondary N) is 1. The van der Waals surface area contributed by atoms with E-state index in [4.69, 9.17) is 0 Å². The van der Waals surface area contributed by atoms with Crippen molar-refractivity contribution in [2.45, 2.75) is 24.7 Å². The lowest BCUT2D eigenvalue weighted by molar-refractivity contribution is -0.112. The molecule has 1 aromatic carbocycles. The average Bonchev–Trinajstić information content (AvgIpc) is 3.15. The number of amides is 1. The number of hydrogen-bond donors (Lipinski definition) is 1. The highest BCUT2D eigenvalue weighted by atomic mass is 32.2. The Morgan fingerprint density at radius 1 is 1.33 bits per heavy atom. The molecule has 1 fully saturated rings. The topological polar surface area (TPSA) is 81.9 Å². The number of piperidine rings is 1. The van der Waals surface area contributed by atoms with Crippen LogP contribution in [-0.2, 0) is 4.79 Å². The molecule has 1 aliphatic rings. The van der Waals surface area contributed by atoms with Crippen molar-refractivity contribution in [2.24, 2.45) is 5.92 Å². The monoisotopic (exact) mass is 399 g/mol. The Morgan fingerprint density at radius 3 is 2.67 bits per heavy atom. The van der Waals surface area contributed by atoms with Gasteiger partial charge in [0.15, 0.2) is 0 Å². The number of nitriles is 1. The minimum absolute atomic E-state index is 0.0375. The van der Waals surface area contributed by atoms with E-state index in [1.807, 2.05) is 36.6 Å². The zero-order chi connectivity index (χ0) is 19.2. The fourth-order valence-corrected chi connectivity index (χ4v) is 3.97. The minimum Gasteiger partial charge on any atom is -0.347 e. The fraction of sp³-hybridized carbons (Fsp3) is 0.368. The van der Waals surface area contributed by atoms with E-state index in [9.17, 15) is 10.1 Å². The Morgan fingerprint density at radius 2 is 2.04 bits per heavy atom. The van der Waals surface area contributed by atoms with Crippen LogP contribution in [0.1, 0.15) is 25.3 Å². The van der Waals surface area contributed by atoms with Crippen LogP contribution >= 0.6 is 23.1 Å². The summed E-state index contributed by atoms with van der Waals surface area (Å²) in [5, 5.41) is 21.5. The average molecular weight is 400 g/mol. The van der Waals surface area contributed by atoms with Crippen LogP contribution in [0.2, 0.25) is 0 Å². The van der Waals surface area contributed by atoms with Crippen LogP contribution in [0.15, 0.2) is 34.7 Å². The Balaban J connectivity index is 1.66. The van der Waals surface area contributed by atoms with Crippen molar-refractivity contribution in [3.8, 4) is 6.07 Å². The summed E-state index contributed by atoms with van der Waals surface area (Å²) < 4.78 is 0. The quantitative estimate of drug-likeness (QED) is 0.464. The first-order valence-corrected chi connectivity index (χ1v) is 10.8. The van der Waals surface area contributed by atoms with Gasteiger partial charge in [0.05, 0.1) is 0 Å². The van der Waals surface area contributed by atoms with E-state index in [1.165, 1.54) is 11.3 Å². The second-order valence-electron chi connectivity index (χ2n) is 6.46. The Labute approximate surface area is 167 Å². The summed E-state index contributed by atoms with van der Waals surface area (Å²) in [5.41, 5.74) is 0.843. The zero-order valence-corrected chi connectivity index (χ0v) is 16.9.